The second-order valence-electron chi connectivity index (χ2n) is 17.2. The maximum Gasteiger partial charge on any atom is 0.312 e. The summed E-state index contributed by atoms with van der Waals surface area (Å²) in [6.07, 6.45) is 20.8. The molecule has 0 saturated carbocycles. The number of amides is 1. The lowest BCUT2D eigenvalue weighted by atomic mass is 9.98. The summed E-state index contributed by atoms with van der Waals surface area (Å²) in [5.74, 6) is 2.24. The third-order valence-electron chi connectivity index (χ3n) is 11.7. The van der Waals surface area contributed by atoms with Crippen molar-refractivity contribution in [2.24, 2.45) is 0 Å². The van der Waals surface area contributed by atoms with Gasteiger partial charge in [-0.1, -0.05) is 178 Å². The lowest BCUT2D eigenvalue weighted by Gasteiger charge is -2.44. The summed E-state index contributed by atoms with van der Waals surface area (Å²) in [7, 11) is -3.12. The molecule has 0 spiro atoms. The molecule has 0 radical (unpaired) electrons. The van der Waals surface area contributed by atoms with E-state index < -0.39 is 32.3 Å². The Morgan fingerprint density at radius 2 is 1.42 bits per heavy atom. The first-order valence-electron chi connectivity index (χ1n) is 22.3. The second-order valence-corrected chi connectivity index (χ2v) is 21.5. The predicted molar refractivity (Wildman–Crippen MR) is 239 cm³/mol. The van der Waals surface area contributed by atoms with Crippen LogP contribution in [0, 0.1) is 18.4 Å². The lowest BCUT2D eigenvalue weighted by molar-refractivity contribution is -0.158. The topological polar surface area (TPSA) is 117 Å². The van der Waals surface area contributed by atoms with Crippen LogP contribution >= 0.6 is 0 Å². The van der Waals surface area contributed by atoms with Gasteiger partial charge in [0, 0.05) is 19.3 Å². The Kier molecular flexibility index (Phi) is 17.4. The van der Waals surface area contributed by atoms with E-state index in [2.05, 4.69) is 85.1 Å². The van der Waals surface area contributed by atoms with Gasteiger partial charge in [0.15, 0.2) is 22.6 Å². The van der Waals surface area contributed by atoms with E-state index in [1.807, 2.05) is 36.4 Å². The van der Waals surface area contributed by atoms with Crippen LogP contribution in [0.2, 0.25) is 5.04 Å². The summed E-state index contributed by atoms with van der Waals surface area (Å²) in [4.78, 5) is 39.1. The molecule has 0 unspecified atom stereocenters. The van der Waals surface area contributed by atoms with Crippen molar-refractivity contribution >= 4 is 47.5 Å². The zero-order valence-electron chi connectivity index (χ0n) is 36.5. The number of fused-ring (bicyclic) bond motifs is 1. The van der Waals surface area contributed by atoms with Crippen LogP contribution in [0.1, 0.15) is 150 Å². The zero-order chi connectivity index (χ0) is 43.0. The quantitative estimate of drug-likeness (QED) is 0.0244. The number of anilines is 1. The fourth-order valence-electron chi connectivity index (χ4n) is 8.40. The van der Waals surface area contributed by atoms with Gasteiger partial charge in [-0.15, -0.1) is 6.42 Å². The molecule has 60 heavy (non-hydrogen) atoms. The standard InChI is InChI=1S/C48H66FN5O5Si/c1-7-10-12-14-16-18-26-32-40(55)51-44-43-45(53-46(49)52-44)54(36-50-43)41-34-39(58-42(56)33-27-19-17-15-13-11-8-2)48(9-3,59-41)35-57-60(47(4,5)6,37-28-22-20-23-29-37)38-30-24-21-25-31-38/h3,20-25,28-31,36,39,41H,7-8,10-19,26-27,32-35H2,1-2,4-6H3,(H,51,52,53,55)/t39-,41+,48+/m0/s1. The highest BCUT2D eigenvalue weighted by Crippen LogP contribution is 2.43. The molecule has 1 fully saturated rings. The molecular formula is C48H66FN5O5Si. The molecule has 324 valence electrons. The molecule has 4 aromatic rings. The number of nitrogens with one attached hydrogen (secondary N) is 1. The molecule has 3 atom stereocenters. The highest BCUT2D eigenvalue weighted by Gasteiger charge is 2.56. The molecule has 5 rings (SSSR count). The van der Waals surface area contributed by atoms with E-state index >= 15 is 4.39 Å². The number of hydrogen-bond donors (Lipinski definition) is 1. The van der Waals surface area contributed by atoms with Gasteiger partial charge in [0.2, 0.25) is 5.91 Å². The first kappa shape index (κ1) is 46.6. The van der Waals surface area contributed by atoms with Crippen LogP contribution in [0.25, 0.3) is 11.2 Å². The van der Waals surface area contributed by atoms with E-state index in [1.54, 1.807) is 4.57 Å². The van der Waals surface area contributed by atoms with Crippen LogP contribution in [0.4, 0.5) is 10.2 Å². The fourth-order valence-corrected chi connectivity index (χ4v) is 13.0. The first-order chi connectivity index (χ1) is 29.0. The van der Waals surface area contributed by atoms with E-state index in [-0.39, 0.29) is 59.8 Å². The molecular weight excluding hydrogens is 774 g/mol. The van der Waals surface area contributed by atoms with Gasteiger partial charge in [-0.05, 0) is 28.3 Å². The summed E-state index contributed by atoms with van der Waals surface area (Å²) < 4.78 is 37.2. The van der Waals surface area contributed by atoms with Gasteiger partial charge in [-0.3, -0.25) is 14.2 Å². The molecule has 1 saturated heterocycles. The Balaban J connectivity index is 1.42. The number of imidazole rings is 1. The Bertz CT molecular complexity index is 1960. The molecule has 0 aliphatic carbocycles. The number of carbonyl (C=O) groups is 2. The van der Waals surface area contributed by atoms with E-state index in [9.17, 15) is 9.59 Å². The van der Waals surface area contributed by atoms with Crippen molar-refractivity contribution in [3.8, 4) is 12.3 Å². The highest BCUT2D eigenvalue weighted by molar-refractivity contribution is 6.99. The number of aromatic nitrogens is 4. The lowest BCUT2D eigenvalue weighted by Crippen LogP contribution is -2.68. The van der Waals surface area contributed by atoms with Crippen LogP contribution < -0.4 is 15.7 Å². The first-order valence-corrected chi connectivity index (χ1v) is 24.2. The minimum atomic E-state index is -3.12. The van der Waals surface area contributed by atoms with E-state index in [4.69, 9.17) is 20.3 Å². The van der Waals surface area contributed by atoms with Crippen molar-refractivity contribution < 1.29 is 27.9 Å². The molecule has 1 aliphatic heterocycles. The monoisotopic (exact) mass is 839 g/mol. The van der Waals surface area contributed by atoms with Crippen molar-refractivity contribution in [1.29, 1.82) is 0 Å². The van der Waals surface area contributed by atoms with Crippen molar-refractivity contribution in [3.05, 3.63) is 73.1 Å². The van der Waals surface area contributed by atoms with Crippen molar-refractivity contribution in [2.45, 2.75) is 167 Å². The Morgan fingerprint density at radius 3 is 1.97 bits per heavy atom. The maximum absolute atomic E-state index is 15.2. The van der Waals surface area contributed by atoms with Gasteiger partial charge in [-0.25, -0.2) is 4.98 Å². The summed E-state index contributed by atoms with van der Waals surface area (Å²) in [6.45, 7) is 10.8. The average molecular weight is 840 g/mol. The van der Waals surface area contributed by atoms with Crippen LogP contribution in [0.3, 0.4) is 0 Å². The van der Waals surface area contributed by atoms with Gasteiger partial charge < -0.3 is 19.2 Å². The number of unbranched alkanes of at least 4 members (excludes halogenated alkanes) is 12. The number of halogens is 1. The number of rotatable bonds is 24. The molecule has 1 aliphatic rings. The van der Waals surface area contributed by atoms with Crippen LogP contribution in [0.15, 0.2) is 67.0 Å². The predicted octanol–water partition coefficient (Wildman–Crippen LogP) is 9.96. The number of nitrogens with zero attached hydrogens (tertiary/aromatic N) is 4. The molecule has 0 bridgehead atoms. The van der Waals surface area contributed by atoms with Crippen molar-refractivity contribution in [2.75, 3.05) is 11.9 Å². The van der Waals surface area contributed by atoms with Gasteiger partial charge >= 0.3 is 12.0 Å². The Labute approximate surface area is 357 Å². The SMILES string of the molecule is C#C[C@]1(CO[Si](c2ccccc2)(c2ccccc2)C(C)(C)C)O[C@@H](n2cnc3c(NC(=O)CCCCCCCCC)nc(F)nc32)C[C@@H]1OC(=O)CCCCCCCCC. The normalized spacial score (nSPS) is 18.1. The minimum Gasteiger partial charge on any atom is -0.458 e. The average Bonchev–Trinajstić information content (AvgIpc) is 3.82. The van der Waals surface area contributed by atoms with E-state index in [0.717, 1.165) is 55.3 Å². The maximum atomic E-state index is 15.2. The number of carbonyl (C=O) groups excluding carboxylic acids is 2. The summed E-state index contributed by atoms with van der Waals surface area (Å²) in [5, 5.41) is 4.52. The van der Waals surface area contributed by atoms with E-state index in [0.29, 0.717) is 6.42 Å². The number of benzene rings is 2. The van der Waals surface area contributed by atoms with Gasteiger partial charge in [-0.2, -0.15) is 14.4 Å². The highest BCUT2D eigenvalue weighted by atomic mass is 28.4. The van der Waals surface area contributed by atoms with Gasteiger partial charge in [0.25, 0.3) is 8.32 Å². The molecule has 10 nitrogen and oxygen atoms in total. The fraction of sp³-hybridized carbons (Fsp3) is 0.562. The largest absolute Gasteiger partial charge is 0.458 e. The zero-order valence-corrected chi connectivity index (χ0v) is 37.5. The van der Waals surface area contributed by atoms with Crippen molar-refractivity contribution in [1.82, 2.24) is 19.5 Å². The minimum absolute atomic E-state index is 0.0157. The van der Waals surface area contributed by atoms with Crippen LogP contribution in [-0.4, -0.2) is 58.0 Å². The molecule has 1 N–H and O–H groups in total. The second kappa shape index (κ2) is 22.4. The van der Waals surface area contributed by atoms with Gasteiger partial charge in [0.05, 0.1) is 12.9 Å². The Hall–Kier alpha value is -4.44. The molecule has 1 amide bonds. The summed E-state index contributed by atoms with van der Waals surface area (Å²) >= 11 is 0. The summed E-state index contributed by atoms with van der Waals surface area (Å²) in [6, 6.07) is 20.4. The number of ether oxygens (including phenoxy) is 2. The molecule has 12 heteroatoms. The van der Waals surface area contributed by atoms with Gasteiger partial charge in [0.1, 0.15) is 12.3 Å². The third-order valence-corrected chi connectivity index (χ3v) is 16.7. The molecule has 2 aromatic carbocycles. The number of esters is 1. The van der Waals surface area contributed by atoms with E-state index in [1.165, 1.54) is 44.9 Å². The van der Waals surface area contributed by atoms with Crippen LogP contribution in [-0.2, 0) is 23.5 Å². The smallest absolute Gasteiger partial charge is 0.312 e. The summed E-state index contributed by atoms with van der Waals surface area (Å²) in [5.41, 5.74) is -1.20. The Morgan fingerprint density at radius 1 is 0.867 bits per heavy atom. The number of hydrogen-bond acceptors (Lipinski definition) is 8. The molecule has 2 aromatic heterocycles. The van der Waals surface area contributed by atoms with Crippen LogP contribution in [0.5, 0.6) is 0 Å². The molecule has 3 heterocycles. The van der Waals surface area contributed by atoms with Crippen molar-refractivity contribution in [3.63, 3.8) is 0 Å². The number of terminal acetylenes is 1. The third kappa shape index (κ3) is 11.7.